The maximum absolute atomic E-state index is 13.5. The number of hydrogen-bond acceptors (Lipinski definition) is 4. The van der Waals surface area contributed by atoms with Crippen LogP contribution in [0, 0.1) is 5.82 Å². The van der Waals surface area contributed by atoms with Gasteiger partial charge >= 0.3 is 0 Å². The van der Waals surface area contributed by atoms with E-state index in [-0.39, 0.29) is 17.5 Å². The smallest absolute Gasteiger partial charge is 0.255 e. The van der Waals surface area contributed by atoms with Gasteiger partial charge in [0.1, 0.15) is 17.2 Å². The van der Waals surface area contributed by atoms with Gasteiger partial charge in [-0.2, -0.15) is 0 Å². The number of benzene rings is 3. The van der Waals surface area contributed by atoms with Crippen LogP contribution in [0.15, 0.2) is 95.7 Å². The highest BCUT2D eigenvalue weighted by Gasteiger charge is 2.22. The Kier molecular flexibility index (Phi) is 6.41. The summed E-state index contributed by atoms with van der Waals surface area (Å²) in [5, 5.41) is 3.31. The molecule has 0 aliphatic rings. The Balaban J connectivity index is 1.50. The Morgan fingerprint density at radius 2 is 1.61 bits per heavy atom. The molecule has 2 heterocycles. The molecule has 0 aliphatic carbocycles. The number of aromatic nitrogens is 1. The third-order valence-corrected chi connectivity index (χ3v) is 6.16. The molecule has 2 aromatic heterocycles. The van der Waals surface area contributed by atoms with Crippen molar-refractivity contribution in [2.45, 2.75) is 12.8 Å². The molecule has 1 amide bonds. The molecule has 0 fully saturated rings. The molecule has 0 saturated heterocycles. The van der Waals surface area contributed by atoms with Crippen LogP contribution in [-0.2, 0) is 6.42 Å². The second kappa shape index (κ2) is 9.96. The largest absolute Gasteiger partial charge is 0.455 e. The molecule has 5 nitrogen and oxygen atoms in total. The number of carbonyl (C=O) groups excluding carboxylic acids is 2. The normalized spacial score (nSPS) is 10.9. The molecule has 0 unspecified atom stereocenters. The van der Waals surface area contributed by atoms with Crippen LogP contribution in [0.3, 0.4) is 0 Å². The van der Waals surface area contributed by atoms with Crippen molar-refractivity contribution >= 4 is 22.7 Å². The Hall–Kier alpha value is -4.58. The minimum atomic E-state index is -0.367. The lowest BCUT2D eigenvalue weighted by Gasteiger charge is -2.07. The second-order valence-corrected chi connectivity index (χ2v) is 8.46. The van der Waals surface area contributed by atoms with Crippen LogP contribution in [0.5, 0.6) is 0 Å². The van der Waals surface area contributed by atoms with Gasteiger partial charge in [-0.1, -0.05) is 24.3 Å². The van der Waals surface area contributed by atoms with Crippen molar-refractivity contribution < 1.29 is 18.4 Å². The lowest BCUT2D eigenvalue weighted by atomic mass is 9.97. The van der Waals surface area contributed by atoms with Crippen molar-refractivity contribution in [3.05, 3.63) is 114 Å². The number of carbonyl (C=O) groups is 2. The first-order chi connectivity index (χ1) is 17.5. The number of nitrogens with one attached hydrogen (secondary N) is 1. The van der Waals surface area contributed by atoms with Gasteiger partial charge in [0.25, 0.3) is 5.91 Å². The molecular weight excluding hydrogens is 455 g/mol. The standard InChI is InChI=1S/C30H23FN2O3/c1-32-30(35)28-25-18-22(8-12-27(25)36-29(28)20-6-9-24(31)10-7-20)21-3-2-4-23(17-21)26(34)11-5-19-13-15-33-16-14-19/h2-4,6-10,12-18H,5,11H2,1H3,(H,32,35). The van der Waals surface area contributed by atoms with Gasteiger partial charge in [-0.3, -0.25) is 14.6 Å². The van der Waals surface area contributed by atoms with Crippen LogP contribution >= 0.6 is 0 Å². The summed E-state index contributed by atoms with van der Waals surface area (Å²) in [5.41, 5.74) is 4.94. The van der Waals surface area contributed by atoms with Crippen LogP contribution in [0.4, 0.5) is 4.39 Å². The van der Waals surface area contributed by atoms with Crippen molar-refractivity contribution in [1.29, 1.82) is 0 Å². The third kappa shape index (κ3) is 4.66. The highest BCUT2D eigenvalue weighted by Crippen LogP contribution is 2.36. The van der Waals surface area contributed by atoms with Crippen molar-refractivity contribution in [2.75, 3.05) is 7.05 Å². The fourth-order valence-electron chi connectivity index (χ4n) is 4.26. The molecule has 0 spiro atoms. The predicted molar refractivity (Wildman–Crippen MR) is 137 cm³/mol. The fraction of sp³-hybridized carbons (Fsp3) is 0.100. The molecule has 5 aromatic rings. The topological polar surface area (TPSA) is 72.2 Å². The summed E-state index contributed by atoms with van der Waals surface area (Å²) >= 11 is 0. The van der Waals surface area contributed by atoms with E-state index in [1.807, 2.05) is 54.6 Å². The molecule has 5 rings (SSSR count). The zero-order valence-corrected chi connectivity index (χ0v) is 19.6. The van der Waals surface area contributed by atoms with E-state index in [2.05, 4.69) is 10.3 Å². The summed E-state index contributed by atoms with van der Waals surface area (Å²) in [4.78, 5) is 29.7. The molecule has 6 heteroatoms. The average molecular weight is 479 g/mol. The van der Waals surface area contributed by atoms with Gasteiger partial charge in [-0.25, -0.2) is 4.39 Å². The van der Waals surface area contributed by atoms with Crippen LogP contribution < -0.4 is 5.32 Å². The number of hydrogen-bond donors (Lipinski definition) is 1. The average Bonchev–Trinajstić information content (AvgIpc) is 3.31. The number of halogens is 1. The van der Waals surface area contributed by atoms with E-state index in [4.69, 9.17) is 4.42 Å². The number of furan rings is 1. The number of aryl methyl sites for hydroxylation is 1. The van der Waals surface area contributed by atoms with Gasteiger partial charge in [-0.05, 0) is 77.7 Å². The van der Waals surface area contributed by atoms with Gasteiger partial charge in [0.15, 0.2) is 5.78 Å². The lowest BCUT2D eigenvalue weighted by molar-refractivity contribution is 0.0961. The number of nitrogens with zero attached hydrogens (tertiary/aromatic N) is 1. The van der Waals surface area contributed by atoms with Gasteiger partial charge in [0, 0.05) is 42.4 Å². The first kappa shape index (κ1) is 23.2. The van der Waals surface area contributed by atoms with Crippen molar-refractivity contribution in [1.82, 2.24) is 10.3 Å². The summed E-state index contributed by atoms with van der Waals surface area (Å²) < 4.78 is 19.5. The van der Waals surface area contributed by atoms with Crippen LogP contribution in [-0.4, -0.2) is 23.7 Å². The maximum Gasteiger partial charge on any atom is 0.255 e. The summed E-state index contributed by atoms with van der Waals surface area (Å²) in [6.07, 6.45) is 4.49. The molecule has 0 radical (unpaired) electrons. The van der Waals surface area contributed by atoms with E-state index in [1.165, 1.54) is 12.1 Å². The Bertz CT molecular complexity index is 1560. The third-order valence-electron chi connectivity index (χ3n) is 6.16. The predicted octanol–water partition coefficient (Wildman–Crippen LogP) is 6.48. The number of Topliss-reactive ketones (excluding diaryl/α,β-unsaturated/α-hetero) is 1. The highest BCUT2D eigenvalue weighted by atomic mass is 19.1. The van der Waals surface area contributed by atoms with Gasteiger partial charge in [0.2, 0.25) is 0 Å². The second-order valence-electron chi connectivity index (χ2n) is 8.46. The van der Waals surface area contributed by atoms with Crippen molar-refractivity contribution in [3.63, 3.8) is 0 Å². The Morgan fingerprint density at radius 3 is 2.36 bits per heavy atom. The monoisotopic (exact) mass is 478 g/mol. The van der Waals surface area contributed by atoms with E-state index in [1.54, 1.807) is 31.6 Å². The molecule has 178 valence electrons. The molecule has 0 aliphatic heterocycles. The van der Waals surface area contributed by atoms with Crippen LogP contribution in [0.25, 0.3) is 33.4 Å². The molecule has 3 aromatic carbocycles. The van der Waals surface area contributed by atoms with E-state index in [9.17, 15) is 14.0 Å². The first-order valence-corrected chi connectivity index (χ1v) is 11.6. The van der Waals surface area contributed by atoms with Crippen molar-refractivity contribution in [3.8, 4) is 22.5 Å². The van der Waals surface area contributed by atoms with Crippen molar-refractivity contribution in [2.24, 2.45) is 0 Å². The summed E-state index contributed by atoms with van der Waals surface area (Å²) in [6.45, 7) is 0. The quantitative estimate of drug-likeness (QED) is 0.272. The summed E-state index contributed by atoms with van der Waals surface area (Å²) in [7, 11) is 1.56. The maximum atomic E-state index is 13.5. The highest BCUT2D eigenvalue weighted by molar-refractivity contribution is 6.11. The number of amides is 1. The van der Waals surface area contributed by atoms with Crippen LogP contribution in [0.1, 0.15) is 32.7 Å². The number of ketones is 1. The summed E-state index contributed by atoms with van der Waals surface area (Å²) in [6, 6.07) is 22.7. The number of pyridine rings is 1. The van der Waals surface area contributed by atoms with E-state index in [0.717, 1.165) is 16.7 Å². The Labute approximate surface area is 207 Å². The van der Waals surface area contributed by atoms with E-state index in [0.29, 0.717) is 46.3 Å². The zero-order valence-electron chi connectivity index (χ0n) is 19.6. The summed E-state index contributed by atoms with van der Waals surface area (Å²) in [5.74, 6) is -0.233. The molecule has 1 N–H and O–H groups in total. The lowest BCUT2D eigenvalue weighted by Crippen LogP contribution is -2.18. The molecule has 0 saturated carbocycles. The van der Waals surface area contributed by atoms with Gasteiger partial charge in [0.05, 0.1) is 5.56 Å². The van der Waals surface area contributed by atoms with Gasteiger partial charge < -0.3 is 9.73 Å². The minimum absolute atomic E-state index is 0.0581. The fourth-order valence-corrected chi connectivity index (χ4v) is 4.26. The molecule has 36 heavy (non-hydrogen) atoms. The Morgan fingerprint density at radius 1 is 0.889 bits per heavy atom. The van der Waals surface area contributed by atoms with E-state index >= 15 is 0 Å². The van der Waals surface area contributed by atoms with Gasteiger partial charge in [-0.15, -0.1) is 0 Å². The molecular formula is C30H23FN2O3. The number of rotatable bonds is 7. The SMILES string of the molecule is CNC(=O)c1c(-c2ccc(F)cc2)oc2ccc(-c3cccc(C(=O)CCc4ccncc4)c3)cc12. The number of fused-ring (bicyclic) bond motifs is 1. The zero-order chi connectivity index (χ0) is 25.1. The molecule has 0 bridgehead atoms. The van der Waals surface area contributed by atoms with E-state index < -0.39 is 0 Å². The van der Waals surface area contributed by atoms with Crippen LogP contribution in [0.2, 0.25) is 0 Å². The first-order valence-electron chi connectivity index (χ1n) is 11.6. The molecule has 0 atom stereocenters. The minimum Gasteiger partial charge on any atom is -0.455 e.